The van der Waals surface area contributed by atoms with E-state index < -0.39 is 0 Å². The van der Waals surface area contributed by atoms with Crippen LogP contribution in [0.3, 0.4) is 0 Å². The molecule has 1 saturated heterocycles. The van der Waals surface area contributed by atoms with Gasteiger partial charge in [0.2, 0.25) is 11.8 Å². The van der Waals surface area contributed by atoms with Crippen molar-refractivity contribution in [2.24, 2.45) is 0 Å². The second kappa shape index (κ2) is 7.60. The van der Waals surface area contributed by atoms with E-state index in [1.807, 2.05) is 30.9 Å². The highest BCUT2D eigenvalue weighted by Gasteiger charge is 2.29. The largest absolute Gasteiger partial charge is 0.411 e. The number of hydrogen-bond donors (Lipinski definition) is 0. The summed E-state index contributed by atoms with van der Waals surface area (Å²) in [5.41, 5.74) is 3.23. The fourth-order valence-electron chi connectivity index (χ4n) is 3.59. The van der Waals surface area contributed by atoms with Crippen molar-refractivity contribution in [3.63, 3.8) is 0 Å². The maximum Gasteiger partial charge on any atom is 0.277 e. The third-order valence-corrected chi connectivity index (χ3v) is 5.48. The first kappa shape index (κ1) is 18.0. The summed E-state index contributed by atoms with van der Waals surface area (Å²) in [5, 5.41) is 8.65. The van der Waals surface area contributed by atoms with Crippen molar-refractivity contribution in [2.45, 2.75) is 64.3 Å². The second-order valence-corrected chi connectivity index (χ2v) is 7.89. The SMILES string of the molecule is Cc1cc(C)cc(-c2nnc(SCC(=O)N3C(C)CCCC3C)o2)c1. The molecule has 0 spiro atoms. The summed E-state index contributed by atoms with van der Waals surface area (Å²) in [7, 11) is 0. The van der Waals surface area contributed by atoms with Crippen LogP contribution in [0.15, 0.2) is 27.8 Å². The molecule has 1 aliphatic heterocycles. The Hall–Kier alpha value is -1.82. The predicted octanol–water partition coefficient (Wildman–Crippen LogP) is 4.24. The maximum atomic E-state index is 12.6. The number of amides is 1. The Bertz CT molecular complexity index is 729. The molecule has 3 rings (SSSR count). The van der Waals surface area contributed by atoms with Gasteiger partial charge in [0.05, 0.1) is 5.75 Å². The van der Waals surface area contributed by atoms with Crippen LogP contribution in [0.2, 0.25) is 0 Å². The number of hydrogen-bond acceptors (Lipinski definition) is 5. The Labute approximate surface area is 153 Å². The van der Waals surface area contributed by atoms with Crippen LogP contribution in [-0.4, -0.2) is 38.8 Å². The molecule has 0 bridgehead atoms. The molecule has 1 aliphatic rings. The zero-order valence-corrected chi connectivity index (χ0v) is 16.1. The smallest absolute Gasteiger partial charge is 0.277 e. The quantitative estimate of drug-likeness (QED) is 0.764. The van der Waals surface area contributed by atoms with E-state index >= 15 is 0 Å². The van der Waals surface area contributed by atoms with Gasteiger partial charge in [-0.3, -0.25) is 4.79 Å². The van der Waals surface area contributed by atoms with E-state index in [-0.39, 0.29) is 5.91 Å². The van der Waals surface area contributed by atoms with Crippen molar-refractivity contribution >= 4 is 17.7 Å². The molecule has 2 heterocycles. The predicted molar refractivity (Wildman–Crippen MR) is 99.6 cm³/mol. The molecule has 2 atom stereocenters. The molecule has 0 aliphatic carbocycles. The van der Waals surface area contributed by atoms with E-state index in [1.54, 1.807) is 0 Å². The number of nitrogens with zero attached hydrogens (tertiary/aromatic N) is 3. The van der Waals surface area contributed by atoms with E-state index in [2.05, 4.69) is 30.1 Å². The van der Waals surface area contributed by atoms with E-state index in [1.165, 1.54) is 18.2 Å². The minimum Gasteiger partial charge on any atom is -0.411 e. The number of likely N-dealkylation sites (tertiary alicyclic amines) is 1. The van der Waals surface area contributed by atoms with Crippen LogP contribution in [0.4, 0.5) is 0 Å². The van der Waals surface area contributed by atoms with Crippen LogP contribution in [0, 0.1) is 13.8 Å². The van der Waals surface area contributed by atoms with Crippen LogP contribution in [-0.2, 0) is 4.79 Å². The van der Waals surface area contributed by atoms with E-state index in [0.717, 1.165) is 29.5 Å². The van der Waals surface area contributed by atoms with Crippen LogP contribution < -0.4 is 0 Å². The summed E-state index contributed by atoms with van der Waals surface area (Å²) in [6.07, 6.45) is 3.36. The Kier molecular flexibility index (Phi) is 5.47. The lowest BCUT2D eigenvalue weighted by Crippen LogP contribution is -2.48. The number of carbonyl (C=O) groups is 1. The molecule has 1 aromatic heterocycles. The van der Waals surface area contributed by atoms with E-state index in [4.69, 9.17) is 4.42 Å². The average molecular weight is 359 g/mol. The minimum atomic E-state index is 0.149. The fraction of sp³-hybridized carbons (Fsp3) is 0.526. The Balaban J connectivity index is 1.64. The van der Waals surface area contributed by atoms with Gasteiger partial charge in [0.1, 0.15) is 0 Å². The molecular formula is C19H25N3O2S. The number of rotatable bonds is 4. The highest BCUT2D eigenvalue weighted by molar-refractivity contribution is 7.99. The lowest BCUT2D eigenvalue weighted by Gasteiger charge is -2.39. The average Bonchev–Trinajstić information content (AvgIpc) is 3.01. The summed E-state index contributed by atoms with van der Waals surface area (Å²) >= 11 is 1.32. The van der Waals surface area contributed by atoms with Gasteiger partial charge in [0, 0.05) is 17.6 Å². The number of aromatic nitrogens is 2. The zero-order valence-electron chi connectivity index (χ0n) is 15.3. The van der Waals surface area contributed by atoms with Gasteiger partial charge in [-0.15, -0.1) is 10.2 Å². The molecule has 2 unspecified atom stereocenters. The van der Waals surface area contributed by atoms with Crippen molar-refractivity contribution in [3.8, 4) is 11.5 Å². The standard InChI is InChI=1S/C19H25N3O2S/c1-12-8-13(2)10-16(9-12)18-20-21-19(24-18)25-11-17(23)22-14(3)6-5-7-15(22)4/h8-10,14-15H,5-7,11H2,1-4H3. The Morgan fingerprint density at radius 2 is 1.80 bits per heavy atom. The first-order chi connectivity index (χ1) is 11.9. The van der Waals surface area contributed by atoms with Crippen LogP contribution >= 0.6 is 11.8 Å². The van der Waals surface area contributed by atoms with E-state index in [9.17, 15) is 4.79 Å². The van der Waals surface area contributed by atoms with Gasteiger partial charge < -0.3 is 9.32 Å². The third kappa shape index (κ3) is 4.24. The monoisotopic (exact) mass is 359 g/mol. The first-order valence-corrected chi connectivity index (χ1v) is 9.78. The molecule has 5 nitrogen and oxygen atoms in total. The summed E-state index contributed by atoms with van der Waals surface area (Å²) in [4.78, 5) is 14.6. The summed E-state index contributed by atoms with van der Waals surface area (Å²) in [6.45, 7) is 8.34. The fourth-order valence-corrected chi connectivity index (χ4v) is 4.23. The molecule has 1 aromatic carbocycles. The van der Waals surface area contributed by atoms with Crippen LogP contribution in [0.1, 0.15) is 44.2 Å². The molecule has 134 valence electrons. The number of benzene rings is 1. The second-order valence-electron chi connectivity index (χ2n) is 6.97. The molecule has 1 amide bonds. The first-order valence-electron chi connectivity index (χ1n) is 8.80. The third-order valence-electron chi connectivity index (χ3n) is 4.68. The number of carbonyl (C=O) groups excluding carboxylic acids is 1. The van der Waals surface area contributed by atoms with Crippen molar-refractivity contribution in [3.05, 3.63) is 29.3 Å². The molecule has 6 heteroatoms. The molecule has 0 saturated carbocycles. The number of aryl methyl sites for hydroxylation is 2. The topological polar surface area (TPSA) is 59.2 Å². The zero-order chi connectivity index (χ0) is 18.0. The molecule has 0 N–H and O–H groups in total. The van der Waals surface area contributed by atoms with Crippen molar-refractivity contribution in [2.75, 3.05) is 5.75 Å². The van der Waals surface area contributed by atoms with Gasteiger partial charge in [-0.1, -0.05) is 29.0 Å². The highest BCUT2D eigenvalue weighted by atomic mass is 32.2. The minimum absolute atomic E-state index is 0.149. The maximum absolute atomic E-state index is 12.6. The molecule has 2 aromatic rings. The summed E-state index contributed by atoms with van der Waals surface area (Å²) in [6, 6.07) is 6.78. The molecular weight excluding hydrogens is 334 g/mol. The Morgan fingerprint density at radius 3 is 2.44 bits per heavy atom. The number of thioether (sulfide) groups is 1. The van der Waals surface area contributed by atoms with Crippen molar-refractivity contribution in [1.29, 1.82) is 0 Å². The van der Waals surface area contributed by atoms with Crippen molar-refractivity contribution in [1.82, 2.24) is 15.1 Å². The summed E-state index contributed by atoms with van der Waals surface area (Å²) in [5.74, 6) is 0.987. The molecule has 25 heavy (non-hydrogen) atoms. The highest BCUT2D eigenvalue weighted by Crippen LogP contribution is 2.27. The Morgan fingerprint density at radius 1 is 1.16 bits per heavy atom. The van der Waals surface area contributed by atoms with E-state index in [0.29, 0.717) is 29.0 Å². The van der Waals surface area contributed by atoms with Crippen LogP contribution in [0.5, 0.6) is 0 Å². The molecule has 1 fully saturated rings. The lowest BCUT2D eigenvalue weighted by atomic mass is 9.98. The van der Waals surface area contributed by atoms with Gasteiger partial charge >= 0.3 is 0 Å². The van der Waals surface area contributed by atoms with Gasteiger partial charge in [-0.05, 0) is 59.1 Å². The summed E-state index contributed by atoms with van der Waals surface area (Å²) < 4.78 is 5.74. The molecule has 0 radical (unpaired) electrons. The number of piperidine rings is 1. The van der Waals surface area contributed by atoms with Gasteiger partial charge in [-0.2, -0.15) is 0 Å². The van der Waals surface area contributed by atoms with Gasteiger partial charge in [0.15, 0.2) is 0 Å². The normalized spacial score (nSPS) is 20.7. The lowest BCUT2D eigenvalue weighted by molar-refractivity contribution is -0.134. The van der Waals surface area contributed by atoms with Gasteiger partial charge in [-0.25, -0.2) is 0 Å². The van der Waals surface area contributed by atoms with Crippen LogP contribution in [0.25, 0.3) is 11.5 Å². The van der Waals surface area contributed by atoms with Gasteiger partial charge in [0.25, 0.3) is 5.22 Å². The van der Waals surface area contributed by atoms with Crippen molar-refractivity contribution < 1.29 is 9.21 Å².